The van der Waals surface area contributed by atoms with Gasteiger partial charge in [-0.05, 0) is 37.7 Å². The van der Waals surface area contributed by atoms with Crippen LogP contribution in [0.5, 0.6) is 0 Å². The number of carbonyl (C=O) groups is 3. The number of likely N-dealkylation sites (tertiary alicyclic amines) is 1. The van der Waals surface area contributed by atoms with Crippen LogP contribution in [-0.4, -0.2) is 42.9 Å². The smallest absolute Gasteiger partial charge is 0.341 e. The molecule has 22 heavy (non-hydrogen) atoms. The van der Waals surface area contributed by atoms with Crippen LogP contribution in [0.4, 0.5) is 5.00 Å². The van der Waals surface area contributed by atoms with Gasteiger partial charge in [0, 0.05) is 18.0 Å². The van der Waals surface area contributed by atoms with Crippen molar-refractivity contribution in [2.24, 2.45) is 0 Å². The van der Waals surface area contributed by atoms with Crippen molar-refractivity contribution in [3.8, 4) is 0 Å². The average molecular weight is 322 g/mol. The van der Waals surface area contributed by atoms with Gasteiger partial charge in [0.2, 0.25) is 0 Å². The maximum atomic E-state index is 12.1. The summed E-state index contributed by atoms with van der Waals surface area (Å²) in [5.74, 6) is -1.66. The predicted molar refractivity (Wildman–Crippen MR) is 82.1 cm³/mol. The minimum absolute atomic E-state index is 0.419. The van der Waals surface area contributed by atoms with E-state index in [-0.39, 0.29) is 0 Å². The van der Waals surface area contributed by atoms with Crippen LogP contribution in [0, 0.1) is 0 Å². The van der Waals surface area contributed by atoms with Gasteiger partial charge in [-0.15, -0.1) is 11.3 Å². The zero-order valence-electron chi connectivity index (χ0n) is 12.4. The number of anilines is 1. The van der Waals surface area contributed by atoms with E-state index in [9.17, 15) is 14.4 Å². The molecule has 1 N–H and O–H groups in total. The van der Waals surface area contributed by atoms with E-state index in [0.29, 0.717) is 23.7 Å². The minimum atomic E-state index is -0.674. The maximum absolute atomic E-state index is 12.1. The van der Waals surface area contributed by atoms with Crippen LogP contribution in [0.1, 0.15) is 40.1 Å². The number of aryl methyl sites for hydroxylation is 1. The predicted octanol–water partition coefficient (Wildman–Crippen LogP) is 1.58. The van der Waals surface area contributed by atoms with Crippen LogP contribution in [0.15, 0.2) is 0 Å². The Labute approximate surface area is 132 Å². The first-order valence-corrected chi connectivity index (χ1v) is 8.26. The minimum Gasteiger partial charge on any atom is -0.465 e. The normalized spacial score (nSPS) is 16.5. The first-order chi connectivity index (χ1) is 10.6. The Morgan fingerprint density at radius 2 is 1.86 bits per heavy atom. The lowest BCUT2D eigenvalue weighted by Crippen LogP contribution is -2.37. The summed E-state index contributed by atoms with van der Waals surface area (Å²) in [5, 5.41) is 3.06. The number of carbonyl (C=O) groups excluding carboxylic acids is 3. The van der Waals surface area contributed by atoms with Crippen LogP contribution in [-0.2, 0) is 27.2 Å². The molecule has 0 aromatic carbocycles. The van der Waals surface area contributed by atoms with Gasteiger partial charge in [-0.2, -0.15) is 0 Å². The standard InChI is InChI=1S/C15H18N2O4S/c1-21-15(20)11-9-5-4-6-10(9)22-13(11)16-12(18)14(19)17-7-2-3-8-17/h2-8H2,1H3,(H,16,18). The number of hydrogen-bond donors (Lipinski definition) is 1. The van der Waals surface area contributed by atoms with Crippen molar-refractivity contribution in [2.45, 2.75) is 32.1 Å². The molecule has 3 rings (SSSR count). The SMILES string of the molecule is COC(=O)c1c(NC(=O)C(=O)N2CCCC2)sc2c1CCC2. The van der Waals surface area contributed by atoms with E-state index in [0.717, 1.165) is 42.5 Å². The molecule has 0 bridgehead atoms. The van der Waals surface area contributed by atoms with Gasteiger partial charge >= 0.3 is 17.8 Å². The summed E-state index contributed by atoms with van der Waals surface area (Å²) in [5.41, 5.74) is 1.38. The van der Waals surface area contributed by atoms with E-state index in [4.69, 9.17) is 4.74 Å². The van der Waals surface area contributed by atoms with Crippen molar-refractivity contribution >= 4 is 34.1 Å². The van der Waals surface area contributed by atoms with E-state index in [1.165, 1.54) is 18.4 Å². The van der Waals surface area contributed by atoms with Gasteiger partial charge in [0.05, 0.1) is 12.7 Å². The third-order valence-corrected chi connectivity index (χ3v) is 5.33. The number of methoxy groups -OCH3 is 1. The Morgan fingerprint density at radius 3 is 2.55 bits per heavy atom. The summed E-state index contributed by atoms with van der Waals surface area (Å²) in [7, 11) is 1.32. The lowest BCUT2D eigenvalue weighted by atomic mass is 10.1. The van der Waals surface area contributed by atoms with Crippen LogP contribution < -0.4 is 5.32 Å². The second kappa shape index (κ2) is 6.08. The van der Waals surface area contributed by atoms with Crippen molar-refractivity contribution in [2.75, 3.05) is 25.5 Å². The number of nitrogens with zero attached hydrogens (tertiary/aromatic N) is 1. The van der Waals surface area contributed by atoms with Crippen molar-refractivity contribution in [1.29, 1.82) is 0 Å². The van der Waals surface area contributed by atoms with Crippen LogP contribution in [0.2, 0.25) is 0 Å². The molecule has 0 saturated carbocycles. The number of esters is 1. The van der Waals surface area contributed by atoms with E-state index in [1.54, 1.807) is 4.90 Å². The van der Waals surface area contributed by atoms with Crippen LogP contribution in [0.25, 0.3) is 0 Å². The highest BCUT2D eigenvalue weighted by Crippen LogP contribution is 2.39. The van der Waals surface area contributed by atoms with Crippen LogP contribution >= 0.6 is 11.3 Å². The average Bonchev–Trinajstić information content (AvgIpc) is 3.22. The monoisotopic (exact) mass is 322 g/mol. The highest BCUT2D eigenvalue weighted by Gasteiger charge is 2.30. The van der Waals surface area contributed by atoms with Crippen molar-refractivity contribution < 1.29 is 19.1 Å². The highest BCUT2D eigenvalue weighted by atomic mass is 32.1. The Morgan fingerprint density at radius 1 is 1.14 bits per heavy atom. The molecule has 2 amide bonds. The van der Waals surface area contributed by atoms with Gasteiger partial charge in [0.15, 0.2) is 0 Å². The fourth-order valence-corrected chi connectivity index (χ4v) is 4.30. The number of fused-ring (bicyclic) bond motifs is 1. The number of nitrogens with one attached hydrogen (secondary N) is 1. The molecule has 6 nitrogen and oxygen atoms in total. The molecule has 118 valence electrons. The molecular formula is C15H18N2O4S. The third kappa shape index (κ3) is 2.61. The zero-order chi connectivity index (χ0) is 15.7. The molecule has 1 aliphatic carbocycles. The topological polar surface area (TPSA) is 75.7 Å². The molecule has 1 saturated heterocycles. The van der Waals surface area contributed by atoms with Gasteiger partial charge in [0.25, 0.3) is 0 Å². The number of hydrogen-bond acceptors (Lipinski definition) is 5. The third-order valence-electron chi connectivity index (χ3n) is 4.13. The lowest BCUT2D eigenvalue weighted by Gasteiger charge is -2.14. The summed E-state index contributed by atoms with van der Waals surface area (Å²) >= 11 is 1.38. The quantitative estimate of drug-likeness (QED) is 0.662. The largest absolute Gasteiger partial charge is 0.465 e. The molecular weight excluding hydrogens is 304 g/mol. The first kappa shape index (κ1) is 15.0. The van der Waals surface area contributed by atoms with Crippen molar-refractivity contribution in [3.63, 3.8) is 0 Å². The van der Waals surface area contributed by atoms with Crippen LogP contribution in [0.3, 0.4) is 0 Å². The molecule has 1 aromatic rings. The Balaban J connectivity index is 1.81. The summed E-state index contributed by atoms with van der Waals surface area (Å²) in [6.07, 6.45) is 4.58. The highest BCUT2D eigenvalue weighted by molar-refractivity contribution is 7.17. The van der Waals surface area contributed by atoms with Gasteiger partial charge in [-0.1, -0.05) is 0 Å². The van der Waals surface area contributed by atoms with Gasteiger partial charge in [-0.3, -0.25) is 9.59 Å². The molecule has 1 aromatic heterocycles. The molecule has 0 radical (unpaired) electrons. The van der Waals surface area contributed by atoms with Crippen molar-refractivity contribution in [3.05, 3.63) is 16.0 Å². The zero-order valence-corrected chi connectivity index (χ0v) is 13.3. The fourth-order valence-electron chi connectivity index (χ4n) is 3.03. The van der Waals surface area contributed by atoms with Gasteiger partial charge in [0.1, 0.15) is 5.00 Å². The number of thiophene rings is 1. The Kier molecular flexibility index (Phi) is 4.15. The Bertz CT molecular complexity index is 632. The summed E-state index contributed by atoms with van der Waals surface area (Å²) in [6.45, 7) is 1.24. The van der Waals surface area contributed by atoms with E-state index < -0.39 is 17.8 Å². The van der Waals surface area contributed by atoms with E-state index >= 15 is 0 Å². The summed E-state index contributed by atoms with van der Waals surface area (Å²) in [4.78, 5) is 38.9. The van der Waals surface area contributed by atoms with E-state index in [1.807, 2.05) is 0 Å². The number of amides is 2. The second-order valence-electron chi connectivity index (χ2n) is 5.51. The first-order valence-electron chi connectivity index (χ1n) is 7.45. The van der Waals surface area contributed by atoms with Gasteiger partial charge < -0.3 is 15.0 Å². The number of ether oxygens (including phenoxy) is 1. The Hall–Kier alpha value is -1.89. The molecule has 0 spiro atoms. The van der Waals surface area contributed by atoms with Gasteiger partial charge in [-0.25, -0.2) is 4.79 Å². The summed E-state index contributed by atoms with van der Waals surface area (Å²) in [6, 6.07) is 0. The molecule has 2 heterocycles. The molecule has 2 aliphatic rings. The number of rotatable bonds is 2. The second-order valence-corrected chi connectivity index (χ2v) is 6.61. The van der Waals surface area contributed by atoms with Crippen molar-refractivity contribution in [1.82, 2.24) is 4.90 Å². The molecule has 0 atom stereocenters. The maximum Gasteiger partial charge on any atom is 0.341 e. The van der Waals surface area contributed by atoms with E-state index in [2.05, 4.69) is 5.32 Å². The lowest BCUT2D eigenvalue weighted by molar-refractivity contribution is -0.142. The summed E-state index contributed by atoms with van der Waals surface area (Å²) < 4.78 is 4.82. The molecule has 7 heteroatoms. The molecule has 1 fully saturated rings. The fraction of sp³-hybridized carbons (Fsp3) is 0.533. The molecule has 1 aliphatic heterocycles. The molecule has 0 unspecified atom stereocenters.